The number of ether oxygens (including phenoxy) is 2. The first-order valence-electron chi connectivity index (χ1n) is 6.85. The zero-order chi connectivity index (χ0) is 15.2. The highest BCUT2D eigenvalue weighted by molar-refractivity contribution is 6.06. The van der Waals surface area contributed by atoms with E-state index in [1.807, 2.05) is 13.8 Å². The van der Waals surface area contributed by atoms with Crippen LogP contribution < -0.4 is 5.73 Å². The highest BCUT2D eigenvalue weighted by Gasteiger charge is 2.47. The number of nitrogens with zero attached hydrogens (tertiary/aromatic N) is 2. The lowest BCUT2D eigenvalue weighted by Gasteiger charge is -2.40. The molecule has 0 unspecified atom stereocenters. The third-order valence-corrected chi connectivity index (χ3v) is 3.77. The van der Waals surface area contributed by atoms with Gasteiger partial charge in [0, 0.05) is 32.9 Å². The first-order valence-corrected chi connectivity index (χ1v) is 6.85. The number of amidine groups is 1. The molecule has 7 heteroatoms. The summed E-state index contributed by atoms with van der Waals surface area (Å²) in [7, 11) is 1.59. The van der Waals surface area contributed by atoms with E-state index in [1.54, 1.807) is 12.0 Å². The molecular weight excluding hydrogens is 262 g/mol. The summed E-state index contributed by atoms with van der Waals surface area (Å²) in [5, 5.41) is 12.1. The lowest BCUT2D eigenvalue weighted by molar-refractivity contribution is -0.145. The van der Waals surface area contributed by atoms with Gasteiger partial charge in [-0.15, -0.1) is 0 Å². The zero-order valence-electron chi connectivity index (χ0n) is 12.5. The number of carbonyl (C=O) groups is 1. The van der Waals surface area contributed by atoms with Gasteiger partial charge in [-0.25, -0.2) is 0 Å². The van der Waals surface area contributed by atoms with E-state index in [9.17, 15) is 4.79 Å². The molecule has 1 saturated heterocycles. The van der Waals surface area contributed by atoms with Gasteiger partial charge in [0.2, 0.25) is 5.91 Å². The fraction of sp³-hybridized carbons (Fsp3) is 0.846. The topological polar surface area (TPSA) is 97.4 Å². The largest absolute Gasteiger partial charge is 0.409 e. The van der Waals surface area contributed by atoms with Crippen molar-refractivity contribution < 1.29 is 19.5 Å². The van der Waals surface area contributed by atoms with Crippen LogP contribution in [0.15, 0.2) is 5.16 Å². The second kappa shape index (κ2) is 7.44. The molecule has 0 atom stereocenters. The fourth-order valence-corrected chi connectivity index (χ4v) is 2.45. The summed E-state index contributed by atoms with van der Waals surface area (Å²) in [5.74, 6) is -0.156. The van der Waals surface area contributed by atoms with Crippen LogP contribution in [-0.2, 0) is 14.3 Å². The minimum Gasteiger partial charge on any atom is -0.409 e. The number of nitrogens with two attached hydrogens (primary N) is 1. The Balaban J connectivity index is 3.01. The molecule has 3 N–H and O–H groups in total. The van der Waals surface area contributed by atoms with E-state index in [4.69, 9.17) is 20.4 Å². The Morgan fingerprint density at radius 2 is 2.10 bits per heavy atom. The third-order valence-electron chi connectivity index (χ3n) is 3.77. The molecule has 116 valence electrons. The highest BCUT2D eigenvalue weighted by Crippen LogP contribution is 2.33. The maximum Gasteiger partial charge on any atom is 0.237 e. The number of rotatable bonds is 6. The summed E-state index contributed by atoms with van der Waals surface area (Å²) in [4.78, 5) is 14.6. The van der Waals surface area contributed by atoms with Crippen molar-refractivity contribution in [1.82, 2.24) is 4.90 Å². The van der Waals surface area contributed by atoms with E-state index in [1.165, 1.54) is 0 Å². The van der Waals surface area contributed by atoms with E-state index < -0.39 is 5.41 Å². The molecule has 1 aliphatic rings. The molecule has 0 bridgehead atoms. The Morgan fingerprint density at radius 1 is 1.50 bits per heavy atom. The van der Waals surface area contributed by atoms with Gasteiger partial charge in [0.25, 0.3) is 0 Å². The van der Waals surface area contributed by atoms with Crippen LogP contribution in [-0.4, -0.2) is 61.4 Å². The standard InChI is InChI=1S/C13H25N3O4/c1-10(2)16(6-9-19-3)12(17)13(11(14)15-18)4-7-20-8-5-13/h10,18H,4-9H2,1-3H3,(H2,14,15). The van der Waals surface area contributed by atoms with Gasteiger partial charge in [0.1, 0.15) is 5.41 Å². The summed E-state index contributed by atoms with van der Waals surface area (Å²) >= 11 is 0. The van der Waals surface area contributed by atoms with Gasteiger partial charge in [0.15, 0.2) is 5.84 Å². The fourth-order valence-electron chi connectivity index (χ4n) is 2.45. The molecule has 1 fully saturated rings. The van der Waals surface area contributed by atoms with Crippen molar-refractivity contribution in [2.24, 2.45) is 16.3 Å². The Kier molecular flexibility index (Phi) is 6.22. The number of oxime groups is 1. The minimum absolute atomic E-state index is 0.0175. The Labute approximate surface area is 119 Å². The molecule has 1 heterocycles. The van der Waals surface area contributed by atoms with E-state index in [0.29, 0.717) is 39.2 Å². The van der Waals surface area contributed by atoms with Gasteiger partial charge in [-0.1, -0.05) is 5.16 Å². The van der Waals surface area contributed by atoms with E-state index in [-0.39, 0.29) is 17.8 Å². The summed E-state index contributed by atoms with van der Waals surface area (Å²) in [6, 6.07) is 0.0175. The number of carbonyl (C=O) groups excluding carboxylic acids is 1. The Bertz CT molecular complexity index is 352. The average Bonchev–Trinajstić information content (AvgIpc) is 2.46. The first-order chi connectivity index (χ1) is 9.49. The summed E-state index contributed by atoms with van der Waals surface area (Å²) in [6.45, 7) is 5.66. The van der Waals surface area contributed by atoms with Gasteiger partial charge < -0.3 is 25.3 Å². The van der Waals surface area contributed by atoms with Crippen molar-refractivity contribution in [3.05, 3.63) is 0 Å². The van der Waals surface area contributed by atoms with Crippen molar-refractivity contribution in [1.29, 1.82) is 0 Å². The Hall–Kier alpha value is -1.34. The van der Waals surface area contributed by atoms with Crippen molar-refractivity contribution in [3.8, 4) is 0 Å². The second-order valence-electron chi connectivity index (χ2n) is 5.26. The average molecular weight is 287 g/mol. The van der Waals surface area contributed by atoms with Crippen molar-refractivity contribution in [3.63, 3.8) is 0 Å². The number of methoxy groups -OCH3 is 1. The molecule has 0 radical (unpaired) electrons. The second-order valence-corrected chi connectivity index (χ2v) is 5.26. The monoisotopic (exact) mass is 287 g/mol. The van der Waals surface area contributed by atoms with Crippen LogP contribution in [0.2, 0.25) is 0 Å². The van der Waals surface area contributed by atoms with Crippen molar-refractivity contribution >= 4 is 11.7 Å². The lowest BCUT2D eigenvalue weighted by Crippen LogP contribution is -2.56. The number of amides is 1. The lowest BCUT2D eigenvalue weighted by atomic mass is 9.77. The van der Waals surface area contributed by atoms with Gasteiger partial charge in [-0.2, -0.15) is 0 Å². The van der Waals surface area contributed by atoms with E-state index >= 15 is 0 Å². The SMILES string of the molecule is COCCN(C(=O)C1(C(N)=NO)CCOCC1)C(C)C. The van der Waals surface area contributed by atoms with Gasteiger partial charge in [-0.3, -0.25) is 4.79 Å². The maximum absolute atomic E-state index is 12.9. The van der Waals surface area contributed by atoms with Crippen LogP contribution in [0, 0.1) is 5.41 Å². The zero-order valence-corrected chi connectivity index (χ0v) is 12.5. The molecule has 0 saturated carbocycles. The summed E-state index contributed by atoms with van der Waals surface area (Å²) in [5.41, 5.74) is 4.85. The molecule has 7 nitrogen and oxygen atoms in total. The summed E-state index contributed by atoms with van der Waals surface area (Å²) in [6.07, 6.45) is 0.857. The molecule has 0 aromatic carbocycles. The third kappa shape index (κ3) is 3.40. The smallest absolute Gasteiger partial charge is 0.237 e. The van der Waals surface area contributed by atoms with Gasteiger partial charge in [-0.05, 0) is 26.7 Å². The minimum atomic E-state index is -0.967. The summed E-state index contributed by atoms with van der Waals surface area (Å²) < 4.78 is 10.4. The van der Waals surface area contributed by atoms with Gasteiger partial charge >= 0.3 is 0 Å². The normalized spacial score (nSPS) is 19.1. The molecule has 0 aromatic rings. The molecule has 1 rings (SSSR count). The molecule has 0 aliphatic carbocycles. The van der Waals surface area contributed by atoms with Crippen LogP contribution in [0.5, 0.6) is 0 Å². The number of hydrogen-bond donors (Lipinski definition) is 2. The molecule has 20 heavy (non-hydrogen) atoms. The predicted molar refractivity (Wildman–Crippen MR) is 74.6 cm³/mol. The molecule has 1 aliphatic heterocycles. The maximum atomic E-state index is 12.9. The number of hydrogen-bond acceptors (Lipinski definition) is 5. The highest BCUT2D eigenvalue weighted by atomic mass is 16.5. The van der Waals surface area contributed by atoms with Crippen molar-refractivity contribution in [2.75, 3.05) is 33.5 Å². The van der Waals surface area contributed by atoms with Crippen molar-refractivity contribution in [2.45, 2.75) is 32.7 Å². The van der Waals surface area contributed by atoms with Crippen LogP contribution >= 0.6 is 0 Å². The van der Waals surface area contributed by atoms with Crippen LogP contribution in [0.4, 0.5) is 0 Å². The molecule has 0 aromatic heterocycles. The Morgan fingerprint density at radius 3 is 2.55 bits per heavy atom. The predicted octanol–water partition coefficient (Wildman–Crippen LogP) is 0.413. The molecule has 1 amide bonds. The molecule has 0 spiro atoms. The quantitative estimate of drug-likeness (QED) is 0.319. The van der Waals surface area contributed by atoms with Crippen LogP contribution in [0.1, 0.15) is 26.7 Å². The van der Waals surface area contributed by atoms with Crippen LogP contribution in [0.3, 0.4) is 0 Å². The van der Waals surface area contributed by atoms with Gasteiger partial charge in [0.05, 0.1) is 6.61 Å². The van der Waals surface area contributed by atoms with E-state index in [0.717, 1.165) is 0 Å². The van der Waals surface area contributed by atoms with Crippen LogP contribution in [0.25, 0.3) is 0 Å². The van der Waals surface area contributed by atoms with E-state index in [2.05, 4.69) is 5.16 Å². The molecular formula is C13H25N3O4. The first kappa shape index (κ1) is 16.7.